The van der Waals surface area contributed by atoms with Crippen LogP contribution in [0.4, 0.5) is 5.95 Å². The second-order valence-corrected chi connectivity index (χ2v) is 6.66. The zero-order chi connectivity index (χ0) is 13.9. The summed E-state index contributed by atoms with van der Waals surface area (Å²) in [5.74, 6) is 2.28. The van der Waals surface area contributed by atoms with Gasteiger partial charge >= 0.3 is 0 Å². The third-order valence-electron chi connectivity index (χ3n) is 5.15. The quantitative estimate of drug-likeness (QED) is 0.853. The Morgan fingerprint density at radius 3 is 2.95 bits per heavy atom. The van der Waals surface area contributed by atoms with Gasteiger partial charge < -0.3 is 10.2 Å². The molecule has 0 amide bonds. The van der Waals surface area contributed by atoms with Crippen molar-refractivity contribution in [3.05, 3.63) is 23.9 Å². The van der Waals surface area contributed by atoms with Gasteiger partial charge in [0.2, 0.25) is 5.95 Å². The Labute approximate surface area is 119 Å². The Kier molecular flexibility index (Phi) is 2.40. The molecule has 106 valence electrons. The van der Waals surface area contributed by atoms with Crippen LogP contribution in [0.5, 0.6) is 0 Å². The van der Waals surface area contributed by atoms with Crippen LogP contribution in [0.2, 0.25) is 0 Å². The Morgan fingerprint density at radius 1 is 1.35 bits per heavy atom. The number of aromatic nitrogens is 3. The molecule has 2 aliphatic heterocycles. The van der Waals surface area contributed by atoms with E-state index >= 15 is 0 Å². The Hall–Kier alpha value is -1.62. The molecule has 2 aromatic rings. The summed E-state index contributed by atoms with van der Waals surface area (Å²) in [4.78, 5) is 7.17. The number of pyridine rings is 1. The van der Waals surface area contributed by atoms with Crippen molar-refractivity contribution in [1.82, 2.24) is 19.9 Å². The molecule has 2 aliphatic rings. The van der Waals surface area contributed by atoms with Gasteiger partial charge in [0.15, 0.2) is 5.65 Å². The maximum atomic E-state index is 4.77. The molecule has 1 N–H and O–H groups in total. The number of hydrogen-bond acceptors (Lipinski definition) is 4. The van der Waals surface area contributed by atoms with Gasteiger partial charge in [-0.3, -0.25) is 0 Å². The van der Waals surface area contributed by atoms with Crippen molar-refractivity contribution in [2.24, 2.45) is 11.8 Å². The highest BCUT2D eigenvalue weighted by Gasteiger charge is 2.50. The first-order chi connectivity index (χ1) is 9.57. The molecule has 2 fully saturated rings. The maximum Gasteiger partial charge on any atom is 0.246 e. The first-order valence-corrected chi connectivity index (χ1v) is 7.38. The van der Waals surface area contributed by atoms with Crippen LogP contribution in [0, 0.1) is 18.8 Å². The monoisotopic (exact) mass is 271 g/mol. The fourth-order valence-electron chi connectivity index (χ4n) is 3.90. The summed E-state index contributed by atoms with van der Waals surface area (Å²) in [6.07, 6.45) is 1.98. The van der Waals surface area contributed by atoms with Crippen molar-refractivity contribution in [1.29, 1.82) is 0 Å². The summed E-state index contributed by atoms with van der Waals surface area (Å²) in [6.45, 7) is 10.0. The molecule has 0 saturated carbocycles. The van der Waals surface area contributed by atoms with Gasteiger partial charge in [0.25, 0.3) is 0 Å². The fourth-order valence-corrected chi connectivity index (χ4v) is 3.90. The van der Waals surface area contributed by atoms with E-state index in [9.17, 15) is 0 Å². The summed E-state index contributed by atoms with van der Waals surface area (Å²) >= 11 is 0. The van der Waals surface area contributed by atoms with Gasteiger partial charge in [-0.1, -0.05) is 6.07 Å². The SMILES string of the molecule is Cc1cccn2nc(N3CC4CNCC4C3(C)C)nc12. The minimum atomic E-state index is 0.118. The van der Waals surface area contributed by atoms with Gasteiger partial charge in [-0.15, -0.1) is 5.10 Å². The molecule has 0 radical (unpaired) electrons. The molecule has 5 heteroatoms. The van der Waals surface area contributed by atoms with E-state index in [2.05, 4.69) is 42.2 Å². The van der Waals surface area contributed by atoms with E-state index in [1.54, 1.807) is 0 Å². The predicted octanol–water partition coefficient (Wildman–Crippen LogP) is 1.47. The van der Waals surface area contributed by atoms with Gasteiger partial charge in [0, 0.05) is 31.4 Å². The highest BCUT2D eigenvalue weighted by atomic mass is 15.4. The van der Waals surface area contributed by atoms with Crippen LogP contribution in [0.3, 0.4) is 0 Å². The molecule has 2 aromatic heterocycles. The Bertz CT molecular complexity index is 659. The van der Waals surface area contributed by atoms with E-state index in [0.29, 0.717) is 5.92 Å². The number of anilines is 1. The van der Waals surface area contributed by atoms with E-state index < -0.39 is 0 Å². The second kappa shape index (κ2) is 3.95. The number of rotatable bonds is 1. The molecule has 4 rings (SSSR count). The van der Waals surface area contributed by atoms with Gasteiger partial charge in [-0.05, 0) is 44.2 Å². The third-order valence-corrected chi connectivity index (χ3v) is 5.15. The predicted molar refractivity (Wildman–Crippen MR) is 79.0 cm³/mol. The molecule has 20 heavy (non-hydrogen) atoms. The number of nitrogens with zero attached hydrogens (tertiary/aromatic N) is 4. The lowest BCUT2D eigenvalue weighted by Crippen LogP contribution is -2.45. The highest BCUT2D eigenvalue weighted by molar-refractivity contribution is 5.52. The van der Waals surface area contributed by atoms with E-state index in [1.165, 1.54) is 5.56 Å². The normalized spacial score (nSPS) is 28.2. The van der Waals surface area contributed by atoms with Crippen molar-refractivity contribution in [2.75, 3.05) is 24.5 Å². The van der Waals surface area contributed by atoms with Crippen LogP contribution < -0.4 is 10.2 Å². The lowest BCUT2D eigenvalue weighted by Gasteiger charge is -2.34. The summed E-state index contributed by atoms with van der Waals surface area (Å²) in [5.41, 5.74) is 2.26. The van der Waals surface area contributed by atoms with Crippen molar-refractivity contribution < 1.29 is 0 Å². The maximum absolute atomic E-state index is 4.77. The largest absolute Gasteiger partial charge is 0.334 e. The van der Waals surface area contributed by atoms with Gasteiger partial charge in [-0.2, -0.15) is 4.98 Å². The first-order valence-electron chi connectivity index (χ1n) is 7.38. The lowest BCUT2D eigenvalue weighted by atomic mass is 9.85. The molecule has 0 spiro atoms. The highest BCUT2D eigenvalue weighted by Crippen LogP contribution is 2.42. The van der Waals surface area contributed by atoms with Crippen molar-refractivity contribution in [3.8, 4) is 0 Å². The molecular formula is C15H21N5. The second-order valence-electron chi connectivity index (χ2n) is 6.66. The average Bonchev–Trinajstić information content (AvgIpc) is 3.06. The summed E-state index contributed by atoms with van der Waals surface area (Å²) < 4.78 is 1.90. The van der Waals surface area contributed by atoms with E-state index in [4.69, 9.17) is 4.98 Å². The molecule has 0 bridgehead atoms. The van der Waals surface area contributed by atoms with Crippen molar-refractivity contribution >= 4 is 11.6 Å². The van der Waals surface area contributed by atoms with Crippen molar-refractivity contribution in [3.63, 3.8) is 0 Å². The number of nitrogens with one attached hydrogen (secondary N) is 1. The van der Waals surface area contributed by atoms with Crippen LogP contribution >= 0.6 is 0 Å². The fraction of sp³-hybridized carbons (Fsp3) is 0.600. The Morgan fingerprint density at radius 2 is 2.20 bits per heavy atom. The van der Waals surface area contributed by atoms with Crippen LogP contribution in [0.15, 0.2) is 18.3 Å². The third kappa shape index (κ3) is 1.53. The minimum absolute atomic E-state index is 0.118. The summed E-state index contributed by atoms with van der Waals surface area (Å²) in [5, 5.41) is 8.20. The van der Waals surface area contributed by atoms with Gasteiger partial charge in [-0.25, -0.2) is 4.52 Å². The molecule has 4 heterocycles. The van der Waals surface area contributed by atoms with Gasteiger partial charge in [0.1, 0.15) is 0 Å². The first kappa shape index (κ1) is 12.1. The van der Waals surface area contributed by atoms with Crippen LogP contribution in [-0.2, 0) is 0 Å². The van der Waals surface area contributed by atoms with E-state index in [0.717, 1.165) is 37.1 Å². The molecule has 2 saturated heterocycles. The Balaban J connectivity index is 1.78. The van der Waals surface area contributed by atoms with E-state index in [-0.39, 0.29) is 5.54 Å². The molecule has 2 unspecified atom stereocenters. The summed E-state index contributed by atoms with van der Waals surface area (Å²) in [7, 11) is 0. The summed E-state index contributed by atoms with van der Waals surface area (Å²) in [6, 6.07) is 4.11. The van der Waals surface area contributed by atoms with Crippen LogP contribution in [-0.4, -0.2) is 39.8 Å². The molecule has 2 atom stereocenters. The lowest BCUT2D eigenvalue weighted by molar-refractivity contribution is 0.355. The van der Waals surface area contributed by atoms with Crippen molar-refractivity contribution in [2.45, 2.75) is 26.3 Å². The molecule has 0 aliphatic carbocycles. The van der Waals surface area contributed by atoms with Gasteiger partial charge in [0.05, 0.1) is 0 Å². The zero-order valence-electron chi connectivity index (χ0n) is 12.3. The topological polar surface area (TPSA) is 45.5 Å². The smallest absolute Gasteiger partial charge is 0.246 e. The van der Waals surface area contributed by atoms with E-state index in [1.807, 2.05) is 16.8 Å². The standard InChI is InChI=1S/C15H21N5/c1-10-5-4-6-20-13(10)17-14(18-20)19-9-11-7-16-8-12(11)15(19,2)3/h4-6,11-12,16H,7-9H2,1-3H3. The minimum Gasteiger partial charge on any atom is -0.334 e. The molecular weight excluding hydrogens is 250 g/mol. The molecule has 0 aromatic carbocycles. The number of fused-ring (bicyclic) bond motifs is 2. The molecule has 5 nitrogen and oxygen atoms in total. The number of hydrogen-bond donors (Lipinski definition) is 1. The zero-order valence-corrected chi connectivity index (χ0v) is 12.3. The van der Waals surface area contributed by atoms with Crippen LogP contribution in [0.1, 0.15) is 19.4 Å². The van der Waals surface area contributed by atoms with Crippen LogP contribution in [0.25, 0.3) is 5.65 Å². The average molecular weight is 271 g/mol. The number of aryl methyl sites for hydroxylation is 1.